The molecular formula is C20H25NO4S2. The topological polar surface area (TPSA) is 78.8 Å². The van der Waals surface area contributed by atoms with Crippen molar-refractivity contribution in [1.82, 2.24) is 0 Å². The second-order valence-corrected chi connectivity index (χ2v) is 7.97. The number of aliphatic hydroxyl groups excluding tert-OH is 2. The molecule has 0 unspecified atom stereocenters. The maximum atomic E-state index is 11.6. The molecule has 146 valence electrons. The summed E-state index contributed by atoms with van der Waals surface area (Å²) in [6, 6.07) is 14.2. The van der Waals surface area contributed by atoms with Gasteiger partial charge in [-0.25, -0.2) is 0 Å². The van der Waals surface area contributed by atoms with Gasteiger partial charge in [0.2, 0.25) is 5.91 Å². The van der Waals surface area contributed by atoms with Gasteiger partial charge in [-0.2, -0.15) is 0 Å². The van der Waals surface area contributed by atoms with Crippen molar-refractivity contribution >= 4 is 35.1 Å². The van der Waals surface area contributed by atoms with Crippen LogP contribution in [0.15, 0.2) is 52.3 Å². The van der Waals surface area contributed by atoms with E-state index in [2.05, 4.69) is 23.5 Å². The molecule has 0 aliphatic heterocycles. The molecule has 2 aromatic carbocycles. The number of thioether (sulfide) groups is 2. The number of carbonyl (C=O) groups is 1. The van der Waals surface area contributed by atoms with Crippen LogP contribution in [0.5, 0.6) is 0 Å². The number of ether oxygens (including phenoxy) is 1. The van der Waals surface area contributed by atoms with E-state index in [0.29, 0.717) is 5.94 Å². The molecule has 0 saturated heterocycles. The van der Waals surface area contributed by atoms with Gasteiger partial charge in [0.1, 0.15) is 6.10 Å². The van der Waals surface area contributed by atoms with Crippen LogP contribution < -0.4 is 5.32 Å². The van der Waals surface area contributed by atoms with Gasteiger partial charge in [0.15, 0.2) is 0 Å². The number of hydrogen-bond donors (Lipinski definition) is 3. The molecule has 5 nitrogen and oxygen atoms in total. The smallest absolute Gasteiger partial charge is 0.221 e. The van der Waals surface area contributed by atoms with Crippen molar-refractivity contribution in [3.8, 4) is 0 Å². The zero-order valence-electron chi connectivity index (χ0n) is 15.5. The number of aliphatic hydroxyl groups is 2. The monoisotopic (exact) mass is 407 g/mol. The standard InChI is InChI=1S/C20H25NO4S2/c1-14-8-18(21-15(2)24)20(26-12-16-6-4-3-5-7-16)9-19(14)27-13-25-17(10-22)11-23/h3-9,17,22-23H,10-13H2,1-2H3,(H,21,24). The number of amides is 1. The van der Waals surface area contributed by atoms with Gasteiger partial charge in [0.25, 0.3) is 0 Å². The molecule has 3 N–H and O–H groups in total. The summed E-state index contributed by atoms with van der Waals surface area (Å²) < 4.78 is 5.45. The van der Waals surface area contributed by atoms with Crippen LogP contribution in [0.3, 0.4) is 0 Å². The van der Waals surface area contributed by atoms with Crippen LogP contribution >= 0.6 is 23.5 Å². The van der Waals surface area contributed by atoms with E-state index in [0.717, 1.165) is 26.8 Å². The highest BCUT2D eigenvalue weighted by molar-refractivity contribution is 7.99. The SMILES string of the molecule is CC(=O)Nc1cc(C)c(SCOC(CO)CO)cc1SCc1ccccc1. The largest absolute Gasteiger partial charge is 0.394 e. The lowest BCUT2D eigenvalue weighted by Gasteiger charge is -2.16. The number of rotatable bonds is 10. The minimum Gasteiger partial charge on any atom is -0.394 e. The minimum absolute atomic E-state index is 0.103. The van der Waals surface area contributed by atoms with E-state index in [1.807, 2.05) is 31.2 Å². The predicted molar refractivity (Wildman–Crippen MR) is 111 cm³/mol. The fraction of sp³-hybridized carbons (Fsp3) is 0.350. The quantitative estimate of drug-likeness (QED) is 0.412. The molecule has 0 spiro atoms. The molecule has 2 aromatic rings. The Bertz CT molecular complexity index is 736. The molecule has 0 heterocycles. The first-order valence-corrected chi connectivity index (χ1v) is 10.6. The summed E-state index contributed by atoms with van der Waals surface area (Å²) in [6.07, 6.45) is -0.566. The summed E-state index contributed by atoms with van der Waals surface area (Å²) in [5.74, 6) is 1.02. The molecule has 0 saturated carbocycles. The van der Waals surface area contributed by atoms with E-state index < -0.39 is 6.10 Å². The predicted octanol–water partition coefficient (Wildman–Crippen LogP) is 3.67. The average Bonchev–Trinajstić information content (AvgIpc) is 2.66. The lowest BCUT2D eigenvalue weighted by molar-refractivity contribution is -0.114. The Morgan fingerprint density at radius 3 is 2.44 bits per heavy atom. The van der Waals surface area contributed by atoms with Crippen LogP contribution in [0.4, 0.5) is 5.69 Å². The van der Waals surface area contributed by atoms with Gasteiger partial charge in [0, 0.05) is 22.5 Å². The molecule has 0 aliphatic rings. The summed E-state index contributed by atoms with van der Waals surface area (Å²) in [4.78, 5) is 13.6. The van der Waals surface area contributed by atoms with Gasteiger partial charge >= 0.3 is 0 Å². The molecule has 7 heteroatoms. The first-order valence-electron chi connectivity index (χ1n) is 8.58. The van der Waals surface area contributed by atoms with Gasteiger partial charge in [-0.05, 0) is 30.2 Å². The van der Waals surface area contributed by atoms with Crippen molar-refractivity contribution in [2.24, 2.45) is 0 Å². The fourth-order valence-electron chi connectivity index (χ4n) is 2.32. The van der Waals surface area contributed by atoms with E-state index in [1.54, 1.807) is 11.8 Å². The lowest BCUT2D eigenvalue weighted by Crippen LogP contribution is -2.21. The fourth-order valence-corrected chi connectivity index (χ4v) is 4.25. The van der Waals surface area contributed by atoms with E-state index in [4.69, 9.17) is 14.9 Å². The van der Waals surface area contributed by atoms with Crippen molar-refractivity contribution in [3.63, 3.8) is 0 Å². The van der Waals surface area contributed by atoms with Crippen LogP contribution in [-0.2, 0) is 15.3 Å². The highest BCUT2D eigenvalue weighted by Crippen LogP contribution is 2.36. The van der Waals surface area contributed by atoms with Gasteiger partial charge < -0.3 is 20.3 Å². The van der Waals surface area contributed by atoms with Crippen LogP contribution in [0, 0.1) is 6.92 Å². The second kappa shape index (κ2) is 11.4. The Balaban J connectivity index is 2.13. The molecular weight excluding hydrogens is 382 g/mol. The maximum absolute atomic E-state index is 11.6. The maximum Gasteiger partial charge on any atom is 0.221 e. The molecule has 0 aromatic heterocycles. The summed E-state index contributed by atoms with van der Waals surface area (Å²) in [6.45, 7) is 3.06. The van der Waals surface area contributed by atoms with Crippen LogP contribution in [0.25, 0.3) is 0 Å². The normalized spacial score (nSPS) is 11.0. The van der Waals surface area contributed by atoms with E-state index in [9.17, 15) is 4.79 Å². The summed E-state index contributed by atoms with van der Waals surface area (Å²) in [5, 5.41) is 21.1. The Morgan fingerprint density at radius 1 is 1.11 bits per heavy atom. The van der Waals surface area contributed by atoms with E-state index in [-0.39, 0.29) is 19.1 Å². The molecule has 0 radical (unpaired) electrons. The molecule has 0 atom stereocenters. The van der Waals surface area contributed by atoms with Crippen molar-refractivity contribution in [2.45, 2.75) is 35.5 Å². The van der Waals surface area contributed by atoms with Crippen molar-refractivity contribution in [1.29, 1.82) is 0 Å². The zero-order valence-corrected chi connectivity index (χ0v) is 17.1. The summed E-state index contributed by atoms with van der Waals surface area (Å²) >= 11 is 3.16. The van der Waals surface area contributed by atoms with Gasteiger partial charge in [-0.3, -0.25) is 4.79 Å². The molecule has 0 aliphatic carbocycles. The van der Waals surface area contributed by atoms with E-state index >= 15 is 0 Å². The third kappa shape index (κ3) is 7.20. The van der Waals surface area contributed by atoms with Gasteiger partial charge in [-0.15, -0.1) is 11.8 Å². The van der Waals surface area contributed by atoms with Crippen LogP contribution in [0.2, 0.25) is 0 Å². The third-order valence-corrected chi connectivity index (χ3v) is 5.88. The Morgan fingerprint density at radius 2 is 1.81 bits per heavy atom. The summed E-state index contributed by atoms with van der Waals surface area (Å²) in [7, 11) is 0. The second-order valence-electron chi connectivity index (χ2n) is 5.99. The number of benzene rings is 2. The minimum atomic E-state index is -0.566. The van der Waals surface area contributed by atoms with Gasteiger partial charge in [0.05, 0.1) is 24.8 Å². The Labute approximate surface area is 168 Å². The van der Waals surface area contributed by atoms with Crippen molar-refractivity contribution in [2.75, 3.05) is 24.5 Å². The third-order valence-electron chi connectivity index (χ3n) is 3.75. The van der Waals surface area contributed by atoms with Crippen LogP contribution in [-0.4, -0.2) is 41.4 Å². The Hall–Kier alpha value is -1.51. The highest BCUT2D eigenvalue weighted by atomic mass is 32.2. The Kier molecular flexibility index (Phi) is 9.17. The number of aryl methyl sites for hydroxylation is 1. The zero-order chi connectivity index (χ0) is 19.6. The average molecular weight is 408 g/mol. The van der Waals surface area contributed by atoms with Crippen LogP contribution in [0.1, 0.15) is 18.1 Å². The van der Waals surface area contributed by atoms with Crippen molar-refractivity contribution < 1.29 is 19.7 Å². The van der Waals surface area contributed by atoms with E-state index in [1.165, 1.54) is 24.2 Å². The number of carbonyl (C=O) groups excluding carboxylic acids is 1. The molecule has 27 heavy (non-hydrogen) atoms. The first-order chi connectivity index (χ1) is 13.0. The first kappa shape index (κ1) is 21.8. The number of nitrogens with one attached hydrogen (secondary N) is 1. The molecule has 1 amide bonds. The molecule has 2 rings (SSSR count). The molecule has 0 bridgehead atoms. The number of anilines is 1. The molecule has 0 fully saturated rings. The lowest BCUT2D eigenvalue weighted by atomic mass is 10.2. The van der Waals surface area contributed by atoms with Gasteiger partial charge in [-0.1, -0.05) is 42.1 Å². The number of hydrogen-bond acceptors (Lipinski definition) is 6. The van der Waals surface area contributed by atoms with Crippen molar-refractivity contribution in [3.05, 3.63) is 53.6 Å². The summed E-state index contributed by atoms with van der Waals surface area (Å²) in [5.41, 5.74) is 3.04. The highest BCUT2D eigenvalue weighted by Gasteiger charge is 2.12.